The molecule has 0 aliphatic carbocycles. The van der Waals surface area contributed by atoms with Crippen LogP contribution in [0.5, 0.6) is 0 Å². The first kappa shape index (κ1) is 20.2. The van der Waals surface area contributed by atoms with E-state index in [1.54, 1.807) is 11.3 Å². The summed E-state index contributed by atoms with van der Waals surface area (Å²) in [6.45, 7) is 1.08. The van der Waals surface area contributed by atoms with Gasteiger partial charge in [-0.3, -0.25) is 4.79 Å². The molecule has 0 spiro atoms. The highest BCUT2D eigenvalue weighted by Crippen LogP contribution is 2.29. The molecule has 0 saturated heterocycles. The van der Waals surface area contributed by atoms with Gasteiger partial charge in [0.25, 0.3) is 5.91 Å². The van der Waals surface area contributed by atoms with E-state index in [1.165, 1.54) is 0 Å². The fraction of sp³-hybridized carbons (Fsp3) is 0.0714. The monoisotopic (exact) mass is 434 g/mol. The van der Waals surface area contributed by atoms with Crippen LogP contribution in [0.2, 0.25) is 0 Å². The largest absolute Gasteiger partial charge is 0.330 e. The molecule has 0 aliphatic heterocycles. The van der Waals surface area contributed by atoms with Crippen LogP contribution in [0.25, 0.3) is 21.5 Å². The fourth-order valence-electron chi connectivity index (χ4n) is 3.88. The van der Waals surface area contributed by atoms with Crippen LogP contribution in [0.3, 0.4) is 0 Å². The Bertz CT molecular complexity index is 1290. The third-order valence-corrected chi connectivity index (χ3v) is 6.33. The minimum atomic E-state index is 0.00844. The summed E-state index contributed by atoms with van der Waals surface area (Å²) >= 11 is 1.63. The molecule has 3 nitrogen and oxygen atoms in total. The SMILES string of the molecule is O=C(c1cc(-c2cccs2)nc2ccccc12)N(Cc1ccccc1)Cc1ccccc1. The highest BCUT2D eigenvalue weighted by atomic mass is 32.1. The van der Waals surface area contributed by atoms with Gasteiger partial charge in [0.1, 0.15) is 0 Å². The summed E-state index contributed by atoms with van der Waals surface area (Å²) in [6, 6.07) is 34.2. The molecular formula is C28H22N2OS. The van der Waals surface area contributed by atoms with E-state index in [4.69, 9.17) is 4.98 Å². The molecule has 0 bridgehead atoms. The van der Waals surface area contributed by atoms with Crippen molar-refractivity contribution in [3.8, 4) is 10.6 Å². The number of aromatic nitrogens is 1. The summed E-state index contributed by atoms with van der Waals surface area (Å²) in [7, 11) is 0. The van der Waals surface area contributed by atoms with E-state index in [0.717, 1.165) is 32.6 Å². The molecule has 32 heavy (non-hydrogen) atoms. The van der Waals surface area contributed by atoms with Gasteiger partial charge < -0.3 is 4.90 Å². The van der Waals surface area contributed by atoms with E-state index in [1.807, 2.05) is 89.1 Å². The number of fused-ring (bicyclic) bond motifs is 1. The average molecular weight is 435 g/mol. The second-order valence-corrected chi connectivity index (χ2v) is 8.63. The number of carbonyl (C=O) groups excluding carboxylic acids is 1. The van der Waals surface area contributed by atoms with Crippen molar-refractivity contribution in [2.75, 3.05) is 0 Å². The average Bonchev–Trinajstić information content (AvgIpc) is 3.39. The molecule has 5 rings (SSSR count). The van der Waals surface area contributed by atoms with E-state index in [-0.39, 0.29) is 5.91 Å². The summed E-state index contributed by atoms with van der Waals surface area (Å²) in [5.41, 5.74) is 4.57. The summed E-state index contributed by atoms with van der Waals surface area (Å²) in [5.74, 6) is 0.00844. The van der Waals surface area contributed by atoms with E-state index in [9.17, 15) is 4.79 Å². The summed E-state index contributed by atoms with van der Waals surface area (Å²) in [5, 5.41) is 2.91. The molecule has 3 aromatic carbocycles. The van der Waals surface area contributed by atoms with E-state index in [0.29, 0.717) is 18.7 Å². The zero-order chi connectivity index (χ0) is 21.8. The van der Waals surface area contributed by atoms with Crippen LogP contribution in [-0.4, -0.2) is 15.8 Å². The quantitative estimate of drug-likeness (QED) is 0.294. The summed E-state index contributed by atoms with van der Waals surface area (Å²) in [4.78, 5) is 21.8. The van der Waals surface area contributed by atoms with Crippen molar-refractivity contribution in [2.45, 2.75) is 13.1 Å². The van der Waals surface area contributed by atoms with Gasteiger partial charge in [-0.1, -0.05) is 84.9 Å². The van der Waals surface area contributed by atoms with Crippen molar-refractivity contribution >= 4 is 28.1 Å². The molecule has 0 radical (unpaired) electrons. The number of rotatable bonds is 6. The first-order valence-electron chi connectivity index (χ1n) is 10.6. The van der Waals surface area contributed by atoms with Gasteiger partial charge >= 0.3 is 0 Å². The zero-order valence-corrected chi connectivity index (χ0v) is 18.3. The fourth-order valence-corrected chi connectivity index (χ4v) is 4.57. The minimum absolute atomic E-state index is 0.00844. The normalized spacial score (nSPS) is 10.9. The van der Waals surface area contributed by atoms with Gasteiger partial charge in [-0.25, -0.2) is 4.98 Å². The lowest BCUT2D eigenvalue weighted by Gasteiger charge is -2.24. The number of benzene rings is 3. The van der Waals surface area contributed by atoms with Crippen molar-refractivity contribution < 1.29 is 4.79 Å². The smallest absolute Gasteiger partial charge is 0.255 e. The number of pyridine rings is 1. The number of hydrogen-bond acceptors (Lipinski definition) is 3. The summed E-state index contributed by atoms with van der Waals surface area (Å²) < 4.78 is 0. The Morgan fingerprint density at radius 3 is 2.00 bits per heavy atom. The second-order valence-electron chi connectivity index (χ2n) is 7.68. The molecule has 1 amide bonds. The molecule has 0 N–H and O–H groups in total. The van der Waals surface area contributed by atoms with Crippen LogP contribution in [-0.2, 0) is 13.1 Å². The van der Waals surface area contributed by atoms with Gasteiger partial charge in [-0.15, -0.1) is 11.3 Å². The van der Waals surface area contributed by atoms with Gasteiger partial charge in [0.2, 0.25) is 0 Å². The third-order valence-electron chi connectivity index (χ3n) is 5.44. The van der Waals surface area contributed by atoms with Crippen molar-refractivity contribution in [1.82, 2.24) is 9.88 Å². The highest BCUT2D eigenvalue weighted by molar-refractivity contribution is 7.13. The molecule has 0 unspecified atom stereocenters. The predicted molar refractivity (Wildman–Crippen MR) is 132 cm³/mol. The lowest BCUT2D eigenvalue weighted by atomic mass is 10.0. The molecule has 2 heterocycles. The van der Waals surface area contributed by atoms with Gasteiger partial charge in [0, 0.05) is 18.5 Å². The first-order chi connectivity index (χ1) is 15.8. The van der Waals surface area contributed by atoms with Crippen LogP contribution >= 0.6 is 11.3 Å². The number of carbonyl (C=O) groups is 1. The Morgan fingerprint density at radius 1 is 0.750 bits per heavy atom. The first-order valence-corrected chi connectivity index (χ1v) is 11.5. The van der Waals surface area contributed by atoms with Crippen molar-refractivity contribution in [3.63, 3.8) is 0 Å². The molecule has 0 atom stereocenters. The Hall–Kier alpha value is -3.76. The number of amides is 1. The summed E-state index contributed by atoms with van der Waals surface area (Å²) in [6.07, 6.45) is 0. The Kier molecular flexibility index (Phi) is 5.77. The highest BCUT2D eigenvalue weighted by Gasteiger charge is 2.21. The second kappa shape index (κ2) is 9.16. The molecule has 2 aromatic heterocycles. The number of hydrogen-bond donors (Lipinski definition) is 0. The van der Waals surface area contributed by atoms with Crippen LogP contribution in [0, 0.1) is 0 Å². The molecular weight excluding hydrogens is 412 g/mol. The van der Waals surface area contributed by atoms with Crippen molar-refractivity contribution in [1.29, 1.82) is 0 Å². The predicted octanol–water partition coefficient (Wildman–Crippen LogP) is 6.81. The molecule has 4 heteroatoms. The van der Waals surface area contributed by atoms with Crippen molar-refractivity contribution in [3.05, 3.63) is 125 Å². The third kappa shape index (κ3) is 4.32. The molecule has 5 aromatic rings. The molecule has 0 saturated carbocycles. The van der Waals surface area contributed by atoms with Gasteiger partial charge in [-0.2, -0.15) is 0 Å². The van der Waals surface area contributed by atoms with Crippen molar-refractivity contribution in [2.24, 2.45) is 0 Å². The molecule has 0 fully saturated rings. The van der Waals surface area contributed by atoms with Crippen LogP contribution < -0.4 is 0 Å². The Labute approximate surface area is 191 Å². The maximum Gasteiger partial charge on any atom is 0.255 e. The standard InChI is InChI=1S/C28H22N2OS/c31-28(30(19-21-10-3-1-4-11-21)20-22-12-5-2-6-13-22)24-18-26(27-16-9-17-32-27)29-25-15-8-7-14-23(24)25/h1-18H,19-20H2. The van der Waals surface area contributed by atoms with E-state index >= 15 is 0 Å². The van der Waals surface area contributed by atoms with Gasteiger partial charge in [-0.05, 0) is 34.7 Å². The van der Waals surface area contributed by atoms with E-state index in [2.05, 4.69) is 24.3 Å². The zero-order valence-electron chi connectivity index (χ0n) is 17.5. The molecule has 156 valence electrons. The Balaban J connectivity index is 1.59. The van der Waals surface area contributed by atoms with Gasteiger partial charge in [0.15, 0.2) is 0 Å². The lowest BCUT2D eigenvalue weighted by molar-refractivity contribution is 0.0732. The number of thiophene rings is 1. The topological polar surface area (TPSA) is 33.2 Å². The molecule has 0 aliphatic rings. The Morgan fingerprint density at radius 2 is 1.38 bits per heavy atom. The number of para-hydroxylation sites is 1. The van der Waals surface area contributed by atoms with Gasteiger partial charge in [0.05, 0.1) is 21.7 Å². The number of nitrogens with zero attached hydrogens (tertiary/aromatic N) is 2. The van der Waals surface area contributed by atoms with E-state index < -0.39 is 0 Å². The van der Waals surface area contributed by atoms with Crippen LogP contribution in [0.15, 0.2) is 109 Å². The lowest BCUT2D eigenvalue weighted by Crippen LogP contribution is -2.30. The maximum absolute atomic E-state index is 14.0. The van der Waals surface area contributed by atoms with Crippen LogP contribution in [0.1, 0.15) is 21.5 Å². The minimum Gasteiger partial charge on any atom is -0.330 e. The van der Waals surface area contributed by atoms with Crippen LogP contribution in [0.4, 0.5) is 0 Å². The maximum atomic E-state index is 14.0.